The highest BCUT2D eigenvalue weighted by atomic mass is 28.4. The molecular formula is C47H72O6Si2. The van der Waals surface area contributed by atoms with E-state index in [1.54, 1.807) is 0 Å². The monoisotopic (exact) mass is 788 g/mol. The van der Waals surface area contributed by atoms with Crippen LogP contribution < -0.4 is 10.4 Å². The predicted molar refractivity (Wildman–Crippen MR) is 229 cm³/mol. The van der Waals surface area contributed by atoms with Crippen molar-refractivity contribution >= 4 is 27.0 Å². The molecule has 1 spiro atoms. The van der Waals surface area contributed by atoms with Gasteiger partial charge < -0.3 is 27.8 Å². The largest absolute Gasteiger partial charge is 0.546 e. The Labute approximate surface area is 336 Å². The topological polar surface area (TPSA) is 55.4 Å². The lowest BCUT2D eigenvalue weighted by Crippen LogP contribution is -2.66. The SMILES string of the molecule is CC[Si](CC)(CC)OC1=C[C@@H](C)[C@H]2OC(C)(C)OC23C=C[C@H](C)[C@H](CC[C@@H]2C[C@H](CCO[Si](c4ccccc4)(c4ccccc4)C(C)(C)C)OC(C)(C)O2)[C@@H]13. The normalized spacial score (nSPS) is 31.7. The Balaban J connectivity index is 1.22. The third-order valence-electron chi connectivity index (χ3n) is 13.4. The molecular weight excluding hydrogens is 717 g/mol. The molecule has 8 atom stereocenters. The van der Waals surface area contributed by atoms with Gasteiger partial charge in [0.25, 0.3) is 8.32 Å². The van der Waals surface area contributed by atoms with E-state index in [0.29, 0.717) is 18.4 Å². The molecule has 0 radical (unpaired) electrons. The first-order chi connectivity index (χ1) is 25.9. The van der Waals surface area contributed by atoms with Gasteiger partial charge in [0.2, 0.25) is 8.32 Å². The van der Waals surface area contributed by atoms with E-state index < -0.39 is 33.8 Å². The number of rotatable bonds is 14. The number of allylic oxidation sites excluding steroid dienone is 1. The standard InChI is InChI=1S/C47H72O6Si2/c1-13-54(14-2,15-3)52-41-32-35(5)43-47(53-46(11,12)51-43)30-28-34(4)40(42(41)47)27-26-36-33-37(50-45(9,10)49-36)29-31-48-55(44(6,7)8,38-22-18-16-19-23-38)39-24-20-17-21-25-39/h16-25,28,30,32,34-37,40,42-43H,13-15,26-27,29,31,33H2,1-12H3/t34-,35+,36+,37-,40-,42-,43+,47?/m0/s1. The van der Waals surface area contributed by atoms with E-state index in [9.17, 15) is 0 Å². The van der Waals surface area contributed by atoms with Gasteiger partial charge in [0.15, 0.2) is 11.6 Å². The fraction of sp³-hybridized carbons (Fsp3) is 0.660. The highest BCUT2D eigenvalue weighted by Gasteiger charge is 2.64. The van der Waals surface area contributed by atoms with Crippen molar-refractivity contribution in [1.29, 1.82) is 0 Å². The molecule has 2 saturated heterocycles. The minimum atomic E-state index is -2.64. The second-order valence-corrected chi connectivity index (χ2v) is 28.0. The smallest absolute Gasteiger partial charge is 0.261 e. The molecule has 6 rings (SSSR count). The summed E-state index contributed by atoms with van der Waals surface area (Å²) in [6.45, 7) is 27.6. The van der Waals surface area contributed by atoms with Gasteiger partial charge in [0.1, 0.15) is 11.7 Å². The zero-order valence-corrected chi connectivity index (χ0v) is 38.2. The van der Waals surface area contributed by atoms with E-state index in [4.69, 9.17) is 27.8 Å². The molecule has 4 aliphatic rings. The first-order valence-electron chi connectivity index (χ1n) is 21.5. The minimum absolute atomic E-state index is 0.0401. The van der Waals surface area contributed by atoms with Crippen LogP contribution in [-0.4, -0.2) is 58.7 Å². The lowest BCUT2D eigenvalue weighted by atomic mass is 9.60. The van der Waals surface area contributed by atoms with Gasteiger partial charge in [0.05, 0.1) is 23.9 Å². The van der Waals surface area contributed by atoms with Crippen LogP contribution >= 0.6 is 0 Å². The van der Waals surface area contributed by atoms with Crippen LogP contribution in [0.5, 0.6) is 0 Å². The van der Waals surface area contributed by atoms with E-state index in [0.717, 1.165) is 49.6 Å². The van der Waals surface area contributed by atoms with Gasteiger partial charge in [-0.3, -0.25) is 0 Å². The van der Waals surface area contributed by atoms with E-state index in [-0.39, 0.29) is 35.2 Å². The molecule has 0 N–H and O–H groups in total. The molecule has 2 aliphatic heterocycles. The summed E-state index contributed by atoms with van der Waals surface area (Å²) in [5, 5.41) is 2.55. The Morgan fingerprint density at radius 1 is 0.727 bits per heavy atom. The summed E-state index contributed by atoms with van der Waals surface area (Å²) in [7, 11) is -4.59. The molecule has 2 aromatic carbocycles. The molecule has 2 fully saturated rings. The molecule has 0 amide bonds. The van der Waals surface area contributed by atoms with Crippen LogP contribution in [0.1, 0.15) is 109 Å². The Morgan fingerprint density at radius 3 is 1.84 bits per heavy atom. The van der Waals surface area contributed by atoms with E-state index >= 15 is 0 Å². The van der Waals surface area contributed by atoms with Gasteiger partial charge in [-0.1, -0.05) is 128 Å². The van der Waals surface area contributed by atoms with Gasteiger partial charge >= 0.3 is 0 Å². The van der Waals surface area contributed by atoms with Crippen LogP contribution in [0, 0.1) is 23.7 Å². The maximum atomic E-state index is 7.39. The summed E-state index contributed by atoms with van der Waals surface area (Å²) >= 11 is 0. The third-order valence-corrected chi connectivity index (χ3v) is 23.0. The number of hydrogen-bond donors (Lipinski definition) is 0. The van der Waals surface area contributed by atoms with Crippen molar-refractivity contribution in [3.63, 3.8) is 0 Å². The molecule has 2 heterocycles. The molecule has 6 nitrogen and oxygen atoms in total. The average molecular weight is 789 g/mol. The summed E-state index contributed by atoms with van der Waals surface area (Å²) in [4.78, 5) is 0. The summed E-state index contributed by atoms with van der Waals surface area (Å²) in [5.74, 6) is 0.801. The fourth-order valence-electron chi connectivity index (χ4n) is 10.7. The summed E-state index contributed by atoms with van der Waals surface area (Å²) in [6.07, 6.45) is 10.9. The summed E-state index contributed by atoms with van der Waals surface area (Å²) < 4.78 is 41.9. The number of hydrogen-bond acceptors (Lipinski definition) is 6. The summed E-state index contributed by atoms with van der Waals surface area (Å²) in [5.41, 5.74) is -0.545. The van der Waals surface area contributed by atoms with Crippen LogP contribution in [0.2, 0.25) is 23.2 Å². The molecule has 0 aromatic heterocycles. The van der Waals surface area contributed by atoms with Crippen molar-refractivity contribution in [3.8, 4) is 0 Å². The minimum Gasteiger partial charge on any atom is -0.546 e. The Morgan fingerprint density at radius 2 is 1.29 bits per heavy atom. The third kappa shape index (κ3) is 8.44. The zero-order chi connectivity index (χ0) is 39.9. The second kappa shape index (κ2) is 16.3. The number of benzene rings is 2. The Kier molecular flexibility index (Phi) is 12.6. The van der Waals surface area contributed by atoms with Crippen molar-refractivity contribution in [1.82, 2.24) is 0 Å². The summed E-state index contributed by atoms with van der Waals surface area (Å²) in [6, 6.07) is 25.2. The predicted octanol–water partition coefficient (Wildman–Crippen LogP) is 10.5. The Hall–Kier alpha value is -2.05. The maximum absolute atomic E-state index is 7.39. The highest BCUT2D eigenvalue weighted by molar-refractivity contribution is 6.99. The molecule has 2 aliphatic carbocycles. The first kappa shape index (κ1) is 42.6. The van der Waals surface area contributed by atoms with Crippen LogP contribution in [0.15, 0.2) is 84.7 Å². The quantitative estimate of drug-likeness (QED) is 0.140. The van der Waals surface area contributed by atoms with Crippen molar-refractivity contribution < 1.29 is 27.8 Å². The maximum Gasteiger partial charge on any atom is 0.261 e. The van der Waals surface area contributed by atoms with Gasteiger partial charge in [-0.15, -0.1) is 0 Å². The molecule has 8 heteroatoms. The van der Waals surface area contributed by atoms with Gasteiger partial charge in [-0.25, -0.2) is 0 Å². The average Bonchev–Trinajstić information content (AvgIpc) is 3.43. The fourth-order valence-corrected chi connectivity index (χ4v) is 17.9. The molecule has 0 bridgehead atoms. The highest BCUT2D eigenvalue weighted by Crippen LogP contribution is 2.58. The van der Waals surface area contributed by atoms with Crippen molar-refractivity contribution in [2.75, 3.05) is 6.61 Å². The lowest BCUT2D eigenvalue weighted by Gasteiger charge is -2.52. The van der Waals surface area contributed by atoms with Crippen LogP contribution in [0.4, 0.5) is 0 Å². The first-order valence-corrected chi connectivity index (χ1v) is 26.0. The van der Waals surface area contributed by atoms with E-state index in [1.807, 2.05) is 0 Å². The molecule has 55 heavy (non-hydrogen) atoms. The van der Waals surface area contributed by atoms with Crippen LogP contribution in [0.25, 0.3) is 0 Å². The van der Waals surface area contributed by atoms with Crippen molar-refractivity contribution in [2.45, 2.75) is 167 Å². The molecule has 2 aromatic rings. The van der Waals surface area contributed by atoms with Gasteiger partial charge in [0, 0.05) is 18.9 Å². The molecule has 1 unspecified atom stereocenters. The molecule has 0 saturated carbocycles. The lowest BCUT2D eigenvalue weighted by molar-refractivity contribution is -0.302. The van der Waals surface area contributed by atoms with Gasteiger partial charge in [-0.05, 0) is 98.4 Å². The Bertz CT molecular complexity index is 1580. The van der Waals surface area contributed by atoms with E-state index in [2.05, 4.69) is 162 Å². The van der Waals surface area contributed by atoms with Crippen LogP contribution in [-0.2, 0) is 27.8 Å². The zero-order valence-electron chi connectivity index (χ0n) is 36.2. The van der Waals surface area contributed by atoms with Crippen molar-refractivity contribution in [3.05, 3.63) is 84.7 Å². The second-order valence-electron chi connectivity index (χ2n) is 19.0. The van der Waals surface area contributed by atoms with Gasteiger partial charge in [-0.2, -0.15) is 0 Å². The van der Waals surface area contributed by atoms with E-state index in [1.165, 1.54) is 10.4 Å². The number of ether oxygens (including phenoxy) is 4. The van der Waals surface area contributed by atoms with Crippen molar-refractivity contribution in [2.24, 2.45) is 23.7 Å². The molecule has 304 valence electrons. The van der Waals surface area contributed by atoms with Crippen LogP contribution in [0.3, 0.4) is 0 Å².